The van der Waals surface area contributed by atoms with Gasteiger partial charge < -0.3 is 20.6 Å². The molecule has 3 N–H and O–H groups in total. The standard InChI is InChI=1S/C22H28N4O/c1-15-12-26(9-7-22(15)14-25-21-19(22)5-3-8-23-21)13-17-10-16-4-2-6-20(27)18(16)11-24-17/h2-6,8,15,17,24,27H,7,9-14H2,1H3,(H,23,25)/t15-,17?,22+/m0/s1. The Morgan fingerprint density at radius 1 is 1.30 bits per heavy atom. The van der Waals surface area contributed by atoms with Crippen LogP contribution in [-0.2, 0) is 18.4 Å². The van der Waals surface area contributed by atoms with Gasteiger partial charge in [0, 0.05) is 55.0 Å². The van der Waals surface area contributed by atoms with E-state index in [1.54, 1.807) is 6.07 Å². The molecule has 0 saturated carbocycles. The summed E-state index contributed by atoms with van der Waals surface area (Å²) in [4.78, 5) is 7.15. The first-order valence-electron chi connectivity index (χ1n) is 10.1. The molecule has 4 heterocycles. The van der Waals surface area contributed by atoms with Crippen LogP contribution in [0.25, 0.3) is 0 Å². The van der Waals surface area contributed by atoms with Gasteiger partial charge in [0.1, 0.15) is 11.6 Å². The first-order chi connectivity index (χ1) is 13.2. The number of phenols is 1. The molecule has 0 radical (unpaired) electrons. The van der Waals surface area contributed by atoms with Crippen molar-refractivity contribution in [2.45, 2.75) is 37.8 Å². The second-order valence-corrected chi connectivity index (χ2v) is 8.52. The summed E-state index contributed by atoms with van der Waals surface area (Å²) >= 11 is 0. The summed E-state index contributed by atoms with van der Waals surface area (Å²) < 4.78 is 0. The van der Waals surface area contributed by atoms with E-state index in [-0.39, 0.29) is 5.41 Å². The van der Waals surface area contributed by atoms with E-state index in [0.29, 0.717) is 17.7 Å². The van der Waals surface area contributed by atoms with Crippen LogP contribution in [-0.4, -0.2) is 47.2 Å². The van der Waals surface area contributed by atoms with Crippen molar-refractivity contribution in [2.75, 3.05) is 31.5 Å². The zero-order valence-electron chi connectivity index (χ0n) is 15.9. The van der Waals surface area contributed by atoms with Gasteiger partial charge in [-0.25, -0.2) is 4.98 Å². The second kappa shape index (κ2) is 6.50. The fraction of sp³-hybridized carbons (Fsp3) is 0.500. The number of nitrogens with one attached hydrogen (secondary N) is 2. The van der Waals surface area contributed by atoms with E-state index in [4.69, 9.17) is 0 Å². The smallest absolute Gasteiger partial charge is 0.129 e. The number of hydrogen-bond donors (Lipinski definition) is 3. The number of phenolic OH excluding ortho intramolecular Hbond substituents is 1. The highest BCUT2D eigenvalue weighted by molar-refractivity contribution is 5.55. The molecule has 1 fully saturated rings. The largest absolute Gasteiger partial charge is 0.508 e. The Balaban J connectivity index is 1.26. The van der Waals surface area contributed by atoms with E-state index in [0.717, 1.165) is 50.5 Å². The molecule has 1 saturated heterocycles. The van der Waals surface area contributed by atoms with E-state index in [9.17, 15) is 5.11 Å². The Morgan fingerprint density at radius 2 is 2.22 bits per heavy atom. The van der Waals surface area contributed by atoms with Gasteiger partial charge in [-0.15, -0.1) is 0 Å². The Bertz CT molecular complexity index is 854. The Morgan fingerprint density at radius 3 is 3.11 bits per heavy atom. The minimum absolute atomic E-state index is 0.235. The number of hydrogen-bond acceptors (Lipinski definition) is 5. The predicted octanol–water partition coefficient (Wildman–Crippen LogP) is 2.51. The molecule has 1 aromatic heterocycles. The Labute approximate surface area is 160 Å². The van der Waals surface area contributed by atoms with Crippen molar-refractivity contribution in [3.05, 3.63) is 53.2 Å². The normalized spacial score (nSPS) is 30.0. The van der Waals surface area contributed by atoms with Crippen molar-refractivity contribution >= 4 is 5.82 Å². The highest BCUT2D eigenvalue weighted by Crippen LogP contribution is 2.46. The highest BCUT2D eigenvalue weighted by atomic mass is 16.3. The molecule has 1 unspecified atom stereocenters. The van der Waals surface area contributed by atoms with Crippen molar-refractivity contribution in [2.24, 2.45) is 5.92 Å². The zero-order valence-corrected chi connectivity index (χ0v) is 15.9. The van der Waals surface area contributed by atoms with Gasteiger partial charge in [-0.2, -0.15) is 0 Å². The molecule has 1 spiro atoms. The van der Waals surface area contributed by atoms with Crippen LogP contribution in [0.15, 0.2) is 36.5 Å². The lowest BCUT2D eigenvalue weighted by molar-refractivity contribution is 0.101. The van der Waals surface area contributed by atoms with E-state index in [2.05, 4.69) is 45.6 Å². The molecule has 0 aliphatic carbocycles. The number of anilines is 1. The molecule has 1 aromatic carbocycles. The third kappa shape index (κ3) is 2.80. The minimum Gasteiger partial charge on any atom is -0.508 e. The first kappa shape index (κ1) is 17.0. The lowest BCUT2D eigenvalue weighted by Gasteiger charge is -2.45. The number of fused-ring (bicyclic) bond motifs is 3. The molecule has 27 heavy (non-hydrogen) atoms. The van der Waals surface area contributed by atoms with Crippen LogP contribution in [0.2, 0.25) is 0 Å². The van der Waals surface area contributed by atoms with Gasteiger partial charge in [0.05, 0.1) is 0 Å². The lowest BCUT2D eigenvalue weighted by Crippen LogP contribution is -2.53. The summed E-state index contributed by atoms with van der Waals surface area (Å²) in [5.74, 6) is 2.11. The molecule has 5 rings (SSSR count). The maximum absolute atomic E-state index is 10.0. The molecule has 0 amide bonds. The van der Waals surface area contributed by atoms with Crippen LogP contribution < -0.4 is 10.6 Å². The molecule has 5 nitrogen and oxygen atoms in total. The monoisotopic (exact) mass is 364 g/mol. The molecular weight excluding hydrogens is 336 g/mol. The molecule has 3 aliphatic heterocycles. The number of aromatic nitrogens is 1. The number of piperidine rings is 1. The van der Waals surface area contributed by atoms with Gasteiger partial charge in [-0.1, -0.05) is 25.1 Å². The summed E-state index contributed by atoms with van der Waals surface area (Å²) in [5, 5.41) is 17.2. The maximum atomic E-state index is 10.0. The second-order valence-electron chi connectivity index (χ2n) is 8.52. The molecular formula is C22H28N4O. The lowest BCUT2D eigenvalue weighted by atomic mass is 9.68. The molecule has 142 valence electrons. The van der Waals surface area contributed by atoms with Gasteiger partial charge in [-0.3, -0.25) is 0 Å². The van der Waals surface area contributed by atoms with Crippen LogP contribution in [0.1, 0.15) is 30.0 Å². The fourth-order valence-corrected chi connectivity index (χ4v) is 5.41. The van der Waals surface area contributed by atoms with Crippen LogP contribution in [0.5, 0.6) is 5.75 Å². The van der Waals surface area contributed by atoms with Gasteiger partial charge in [-0.05, 0) is 43.0 Å². The van der Waals surface area contributed by atoms with Crippen molar-refractivity contribution < 1.29 is 5.11 Å². The summed E-state index contributed by atoms with van der Waals surface area (Å²) in [7, 11) is 0. The number of aromatic hydroxyl groups is 1. The minimum atomic E-state index is 0.235. The molecule has 2 aromatic rings. The average molecular weight is 364 g/mol. The summed E-state index contributed by atoms with van der Waals surface area (Å²) in [6, 6.07) is 10.7. The quantitative estimate of drug-likeness (QED) is 0.764. The van der Waals surface area contributed by atoms with Crippen LogP contribution in [0, 0.1) is 5.92 Å². The van der Waals surface area contributed by atoms with E-state index in [1.165, 1.54) is 17.5 Å². The topological polar surface area (TPSA) is 60.4 Å². The first-order valence-corrected chi connectivity index (χ1v) is 10.1. The highest BCUT2D eigenvalue weighted by Gasteiger charge is 2.46. The third-order valence-electron chi connectivity index (χ3n) is 7.03. The zero-order chi connectivity index (χ0) is 18.4. The Kier molecular flexibility index (Phi) is 4.10. The third-order valence-corrected chi connectivity index (χ3v) is 7.03. The van der Waals surface area contributed by atoms with Crippen LogP contribution >= 0.6 is 0 Å². The summed E-state index contributed by atoms with van der Waals surface area (Å²) in [6.45, 7) is 7.51. The molecule has 5 heteroatoms. The van der Waals surface area contributed by atoms with E-state index < -0.39 is 0 Å². The maximum Gasteiger partial charge on any atom is 0.129 e. The van der Waals surface area contributed by atoms with E-state index >= 15 is 0 Å². The number of pyridine rings is 1. The number of nitrogens with zero attached hydrogens (tertiary/aromatic N) is 2. The Hall–Kier alpha value is -2.11. The van der Waals surface area contributed by atoms with Crippen LogP contribution in [0.4, 0.5) is 5.82 Å². The van der Waals surface area contributed by atoms with Gasteiger partial charge in [0.25, 0.3) is 0 Å². The number of rotatable bonds is 2. The molecule has 3 aliphatic rings. The fourth-order valence-electron chi connectivity index (χ4n) is 5.41. The van der Waals surface area contributed by atoms with Crippen molar-refractivity contribution in [1.82, 2.24) is 15.2 Å². The summed E-state index contributed by atoms with van der Waals surface area (Å²) in [6.07, 6.45) is 4.06. The van der Waals surface area contributed by atoms with Crippen LogP contribution in [0.3, 0.4) is 0 Å². The molecule has 3 atom stereocenters. The average Bonchev–Trinajstić information content (AvgIpc) is 3.05. The molecule has 0 bridgehead atoms. The predicted molar refractivity (Wildman–Crippen MR) is 107 cm³/mol. The van der Waals surface area contributed by atoms with Crippen molar-refractivity contribution in [3.8, 4) is 5.75 Å². The number of likely N-dealkylation sites (tertiary alicyclic amines) is 1. The van der Waals surface area contributed by atoms with Gasteiger partial charge in [0.2, 0.25) is 0 Å². The van der Waals surface area contributed by atoms with Crippen molar-refractivity contribution in [1.29, 1.82) is 0 Å². The van der Waals surface area contributed by atoms with Crippen molar-refractivity contribution in [3.63, 3.8) is 0 Å². The SMILES string of the molecule is C[C@H]1CN(CC2Cc3cccc(O)c3CN2)CC[C@@]12CNc1ncccc12. The van der Waals surface area contributed by atoms with Gasteiger partial charge >= 0.3 is 0 Å². The van der Waals surface area contributed by atoms with E-state index in [1.807, 2.05) is 12.3 Å². The summed E-state index contributed by atoms with van der Waals surface area (Å²) in [5.41, 5.74) is 4.01. The number of benzene rings is 1. The van der Waals surface area contributed by atoms with Gasteiger partial charge in [0.15, 0.2) is 0 Å².